The van der Waals surface area contributed by atoms with Gasteiger partial charge in [-0.15, -0.1) is 0 Å². The van der Waals surface area contributed by atoms with Crippen LogP contribution in [0.25, 0.3) is 0 Å². The third kappa shape index (κ3) is 3.51. The maximum absolute atomic E-state index is 11.7. The zero-order valence-corrected chi connectivity index (χ0v) is 9.19. The minimum atomic E-state index is -0.383. The second-order valence-electron chi connectivity index (χ2n) is 3.50. The molecule has 1 atom stereocenters. The van der Waals surface area contributed by atoms with E-state index in [1.54, 1.807) is 14.0 Å². The minimum Gasteiger partial charge on any atom is -0.465 e. The summed E-state index contributed by atoms with van der Waals surface area (Å²) in [5.41, 5.74) is 0. The Morgan fingerprint density at radius 2 is 2.27 bits per heavy atom. The van der Waals surface area contributed by atoms with Gasteiger partial charge in [-0.3, -0.25) is 9.59 Å². The highest BCUT2D eigenvalue weighted by Crippen LogP contribution is 2.13. The van der Waals surface area contributed by atoms with Gasteiger partial charge in [-0.25, -0.2) is 0 Å². The summed E-state index contributed by atoms with van der Waals surface area (Å²) >= 11 is 0. The van der Waals surface area contributed by atoms with Gasteiger partial charge in [-0.1, -0.05) is 0 Å². The first kappa shape index (κ1) is 12.0. The number of amides is 1. The Hall–Kier alpha value is -1.10. The van der Waals surface area contributed by atoms with Crippen LogP contribution >= 0.6 is 0 Å². The van der Waals surface area contributed by atoms with Crippen LogP contribution < -0.4 is 0 Å². The van der Waals surface area contributed by atoms with Crippen molar-refractivity contribution in [1.82, 2.24) is 4.90 Å². The van der Waals surface area contributed by atoms with Crippen molar-refractivity contribution in [2.24, 2.45) is 0 Å². The molecule has 0 aromatic carbocycles. The van der Waals surface area contributed by atoms with E-state index in [-0.39, 0.29) is 24.5 Å². The van der Waals surface area contributed by atoms with E-state index in [0.29, 0.717) is 13.2 Å². The second kappa shape index (κ2) is 5.70. The Kier molecular flexibility index (Phi) is 4.55. The van der Waals surface area contributed by atoms with Crippen LogP contribution in [0, 0.1) is 0 Å². The van der Waals surface area contributed by atoms with Crippen LogP contribution in [-0.2, 0) is 19.1 Å². The number of hydrogen-bond acceptors (Lipinski definition) is 4. The molecule has 0 aliphatic carbocycles. The molecule has 0 saturated carbocycles. The third-order valence-electron chi connectivity index (χ3n) is 2.25. The molecule has 0 aromatic rings. The van der Waals surface area contributed by atoms with Crippen molar-refractivity contribution in [3.8, 4) is 0 Å². The number of rotatable bonds is 4. The highest BCUT2D eigenvalue weighted by Gasteiger charge is 2.27. The summed E-state index contributed by atoms with van der Waals surface area (Å²) in [6.45, 7) is 2.69. The predicted octanol–water partition coefficient (Wildman–Crippen LogP) is 0.187. The Morgan fingerprint density at radius 3 is 2.80 bits per heavy atom. The van der Waals surface area contributed by atoms with E-state index in [9.17, 15) is 9.59 Å². The number of hydrogen-bond donors (Lipinski definition) is 0. The molecule has 86 valence electrons. The summed E-state index contributed by atoms with van der Waals surface area (Å²) in [7, 11) is 1.58. The number of esters is 1. The molecule has 1 aliphatic heterocycles. The number of likely N-dealkylation sites (N-methyl/N-ethyl adjacent to an activating group) is 1. The Labute approximate surface area is 89.3 Å². The summed E-state index contributed by atoms with van der Waals surface area (Å²) in [6.07, 6.45) is 1.28. The molecular formula is C10H17NO4. The fraction of sp³-hybridized carbons (Fsp3) is 0.800. The molecule has 5 heteroatoms. The lowest BCUT2D eigenvalue weighted by atomic mass is 10.2. The van der Waals surface area contributed by atoms with Gasteiger partial charge < -0.3 is 14.4 Å². The molecule has 1 saturated heterocycles. The maximum atomic E-state index is 11.7. The molecular weight excluding hydrogens is 198 g/mol. The first-order valence-electron chi connectivity index (χ1n) is 5.17. The average Bonchev–Trinajstić information content (AvgIpc) is 2.69. The van der Waals surface area contributed by atoms with Crippen molar-refractivity contribution in [2.75, 3.05) is 26.8 Å². The lowest BCUT2D eigenvalue weighted by molar-refractivity contribution is -0.151. The van der Waals surface area contributed by atoms with E-state index in [1.807, 2.05) is 0 Å². The van der Waals surface area contributed by atoms with Gasteiger partial charge in [0.15, 0.2) is 0 Å². The van der Waals surface area contributed by atoms with Gasteiger partial charge in [-0.2, -0.15) is 0 Å². The standard InChI is InChI=1S/C10H17NO4/c1-3-14-9(12)7-11(2)10(13)8-5-4-6-15-8/h8H,3-7H2,1-2H3. The molecule has 0 aromatic heterocycles. The van der Waals surface area contributed by atoms with Gasteiger partial charge in [0.1, 0.15) is 12.6 Å². The highest BCUT2D eigenvalue weighted by atomic mass is 16.5. The first-order valence-corrected chi connectivity index (χ1v) is 5.17. The molecule has 0 radical (unpaired) electrons. The normalized spacial score (nSPS) is 20.0. The summed E-state index contributed by atoms with van der Waals surface area (Å²) in [6, 6.07) is 0. The van der Waals surface area contributed by atoms with Gasteiger partial charge >= 0.3 is 5.97 Å². The predicted molar refractivity (Wildman–Crippen MR) is 53.2 cm³/mol. The van der Waals surface area contributed by atoms with E-state index in [4.69, 9.17) is 9.47 Å². The lowest BCUT2D eigenvalue weighted by Crippen LogP contribution is -2.39. The third-order valence-corrected chi connectivity index (χ3v) is 2.25. The summed E-state index contributed by atoms with van der Waals surface area (Å²) in [4.78, 5) is 24.1. The first-order chi connectivity index (χ1) is 7.15. The molecule has 1 amide bonds. The zero-order chi connectivity index (χ0) is 11.3. The van der Waals surface area contributed by atoms with Crippen LogP contribution in [-0.4, -0.2) is 49.7 Å². The zero-order valence-electron chi connectivity index (χ0n) is 9.19. The Balaban J connectivity index is 2.35. The van der Waals surface area contributed by atoms with Crippen LogP contribution in [0.3, 0.4) is 0 Å². The monoisotopic (exact) mass is 215 g/mol. The van der Waals surface area contributed by atoms with Crippen LogP contribution in [0.5, 0.6) is 0 Å². The number of carbonyl (C=O) groups is 2. The molecule has 1 unspecified atom stereocenters. The quantitative estimate of drug-likeness (QED) is 0.628. The highest BCUT2D eigenvalue weighted by molar-refractivity contribution is 5.85. The summed E-state index contributed by atoms with van der Waals surface area (Å²) < 4.78 is 9.99. The molecule has 15 heavy (non-hydrogen) atoms. The molecule has 1 rings (SSSR count). The van der Waals surface area contributed by atoms with Crippen molar-refractivity contribution < 1.29 is 19.1 Å². The SMILES string of the molecule is CCOC(=O)CN(C)C(=O)C1CCCO1. The van der Waals surface area contributed by atoms with E-state index < -0.39 is 0 Å². The molecule has 5 nitrogen and oxygen atoms in total. The van der Waals surface area contributed by atoms with Gasteiger partial charge in [0.25, 0.3) is 5.91 Å². The number of nitrogens with zero attached hydrogens (tertiary/aromatic N) is 1. The van der Waals surface area contributed by atoms with E-state index in [2.05, 4.69) is 0 Å². The summed E-state index contributed by atoms with van der Waals surface area (Å²) in [5, 5.41) is 0. The van der Waals surface area contributed by atoms with Gasteiger partial charge in [0.05, 0.1) is 6.61 Å². The number of ether oxygens (including phenoxy) is 2. The van der Waals surface area contributed by atoms with Crippen molar-refractivity contribution >= 4 is 11.9 Å². The van der Waals surface area contributed by atoms with Gasteiger partial charge in [0, 0.05) is 13.7 Å². The topological polar surface area (TPSA) is 55.8 Å². The van der Waals surface area contributed by atoms with Gasteiger partial charge in [-0.05, 0) is 19.8 Å². The average molecular weight is 215 g/mol. The largest absolute Gasteiger partial charge is 0.465 e. The van der Waals surface area contributed by atoms with E-state index >= 15 is 0 Å². The van der Waals surface area contributed by atoms with E-state index in [0.717, 1.165) is 12.8 Å². The minimum absolute atomic E-state index is 0.00741. The van der Waals surface area contributed by atoms with Crippen molar-refractivity contribution in [1.29, 1.82) is 0 Å². The van der Waals surface area contributed by atoms with Gasteiger partial charge in [0.2, 0.25) is 0 Å². The fourth-order valence-electron chi connectivity index (χ4n) is 1.50. The molecule has 0 spiro atoms. The Bertz CT molecular complexity index is 236. The van der Waals surface area contributed by atoms with Crippen LogP contribution in [0.15, 0.2) is 0 Å². The van der Waals surface area contributed by atoms with Crippen LogP contribution in [0.1, 0.15) is 19.8 Å². The van der Waals surface area contributed by atoms with Crippen LogP contribution in [0.4, 0.5) is 0 Å². The fourth-order valence-corrected chi connectivity index (χ4v) is 1.50. The molecule has 0 N–H and O–H groups in total. The van der Waals surface area contributed by atoms with Crippen LogP contribution in [0.2, 0.25) is 0 Å². The lowest BCUT2D eigenvalue weighted by Gasteiger charge is -2.19. The molecule has 1 aliphatic rings. The Morgan fingerprint density at radius 1 is 1.53 bits per heavy atom. The maximum Gasteiger partial charge on any atom is 0.325 e. The molecule has 0 bridgehead atoms. The smallest absolute Gasteiger partial charge is 0.325 e. The molecule has 1 fully saturated rings. The number of carbonyl (C=O) groups excluding carboxylic acids is 2. The molecule has 1 heterocycles. The van der Waals surface area contributed by atoms with Crippen molar-refractivity contribution in [3.05, 3.63) is 0 Å². The van der Waals surface area contributed by atoms with Crippen molar-refractivity contribution in [2.45, 2.75) is 25.9 Å². The van der Waals surface area contributed by atoms with E-state index in [1.165, 1.54) is 4.90 Å². The second-order valence-corrected chi connectivity index (χ2v) is 3.50. The van der Waals surface area contributed by atoms with Crippen molar-refractivity contribution in [3.63, 3.8) is 0 Å². The summed E-state index contributed by atoms with van der Waals surface area (Å²) in [5.74, 6) is -0.521.